The third-order valence-corrected chi connectivity index (χ3v) is 3.79. The Balaban J connectivity index is 0.000000755. The third-order valence-electron chi connectivity index (χ3n) is 3.79. The maximum absolute atomic E-state index is 14.0. The van der Waals surface area contributed by atoms with E-state index in [1.807, 2.05) is 0 Å². The van der Waals surface area contributed by atoms with Crippen LogP contribution in [0.1, 0.15) is 10.4 Å². The number of benzene rings is 2. The van der Waals surface area contributed by atoms with Crippen LogP contribution in [0.4, 0.5) is 10.1 Å². The lowest BCUT2D eigenvalue weighted by molar-refractivity contribution is -0.122. The van der Waals surface area contributed by atoms with Crippen molar-refractivity contribution in [2.24, 2.45) is 7.05 Å². The number of fused-ring (bicyclic) bond motifs is 1. The van der Waals surface area contributed by atoms with Crippen LogP contribution >= 0.6 is 0 Å². The van der Waals surface area contributed by atoms with Gasteiger partial charge in [-0.15, -0.1) is 0 Å². The lowest BCUT2D eigenvalue weighted by Crippen LogP contribution is -2.12. The zero-order valence-electron chi connectivity index (χ0n) is 15.2. The minimum absolute atomic E-state index is 0.197. The zero-order chi connectivity index (χ0) is 20.8. The molecule has 2 aromatic carbocycles. The Bertz CT molecular complexity index is 1160. The number of amides is 1. The molecule has 0 fully saturated rings. The van der Waals surface area contributed by atoms with Gasteiger partial charge >= 0.3 is 0 Å². The molecule has 0 unspecified atom stereocenters. The predicted molar refractivity (Wildman–Crippen MR) is 103 cm³/mol. The van der Waals surface area contributed by atoms with E-state index in [0.717, 1.165) is 5.52 Å². The highest BCUT2D eigenvalue weighted by Gasteiger charge is 2.12. The minimum atomic E-state index is -0.513. The van der Waals surface area contributed by atoms with Gasteiger partial charge in [-0.2, -0.15) is 15.0 Å². The first-order valence-electron chi connectivity index (χ1n) is 8.26. The van der Waals surface area contributed by atoms with Gasteiger partial charge < -0.3 is 10.4 Å². The fraction of sp³-hybridized carbons (Fsp3) is 0.0526. The van der Waals surface area contributed by atoms with Crippen LogP contribution in [0.25, 0.3) is 22.2 Å². The maximum Gasteiger partial charge on any atom is 0.290 e. The Labute approximate surface area is 163 Å². The average Bonchev–Trinajstić information content (AvgIpc) is 3.08. The van der Waals surface area contributed by atoms with E-state index in [4.69, 9.17) is 9.90 Å². The summed E-state index contributed by atoms with van der Waals surface area (Å²) in [4.78, 5) is 30.2. The maximum atomic E-state index is 14.0. The normalized spacial score (nSPS) is 10.1. The average molecular weight is 394 g/mol. The standard InChI is InChI=1S/C18H13FN6O.CH2O2/c1-25-23-16-3-2-15(7-17(16)24-25)22-18(26)12-4-11(5-14(19)6-12)13-8-20-10-21-9-13;2-1-3/h2-10H,1H3,(H,22,26);1H,(H,2,3). The first kappa shape index (κ1) is 19.5. The molecule has 0 spiro atoms. The summed E-state index contributed by atoms with van der Waals surface area (Å²) in [5.74, 6) is -0.938. The molecule has 0 radical (unpaired) electrons. The van der Waals surface area contributed by atoms with Gasteiger partial charge in [0.25, 0.3) is 12.4 Å². The molecular formula is C19H15FN6O3. The molecule has 1 amide bonds. The number of aromatic nitrogens is 5. The van der Waals surface area contributed by atoms with Crippen LogP contribution < -0.4 is 5.32 Å². The highest BCUT2D eigenvalue weighted by Crippen LogP contribution is 2.22. The molecule has 4 rings (SSSR count). The van der Waals surface area contributed by atoms with E-state index in [2.05, 4.69) is 25.5 Å². The number of hydrogen-bond acceptors (Lipinski definition) is 6. The smallest absolute Gasteiger partial charge is 0.290 e. The summed E-state index contributed by atoms with van der Waals surface area (Å²) in [5, 5.41) is 18.0. The molecule has 0 atom stereocenters. The van der Waals surface area contributed by atoms with E-state index in [-0.39, 0.29) is 12.0 Å². The van der Waals surface area contributed by atoms with Crippen LogP contribution in [0.5, 0.6) is 0 Å². The van der Waals surface area contributed by atoms with Crippen molar-refractivity contribution in [1.29, 1.82) is 0 Å². The fourth-order valence-electron chi connectivity index (χ4n) is 2.64. The molecule has 0 aliphatic rings. The molecule has 10 heteroatoms. The molecule has 0 aliphatic heterocycles. The molecule has 9 nitrogen and oxygen atoms in total. The first-order chi connectivity index (χ1) is 14.0. The van der Waals surface area contributed by atoms with E-state index in [1.54, 1.807) is 43.7 Å². The van der Waals surface area contributed by atoms with E-state index in [1.165, 1.54) is 23.3 Å². The zero-order valence-corrected chi connectivity index (χ0v) is 15.2. The van der Waals surface area contributed by atoms with Crippen LogP contribution in [0.3, 0.4) is 0 Å². The summed E-state index contributed by atoms with van der Waals surface area (Å²) in [6, 6.07) is 9.31. The summed E-state index contributed by atoms with van der Waals surface area (Å²) in [7, 11) is 1.72. The van der Waals surface area contributed by atoms with Gasteiger partial charge in [0.15, 0.2) is 0 Å². The van der Waals surface area contributed by atoms with E-state index < -0.39 is 11.7 Å². The van der Waals surface area contributed by atoms with Gasteiger partial charge in [0.1, 0.15) is 23.2 Å². The van der Waals surface area contributed by atoms with Crippen LogP contribution in [-0.2, 0) is 11.8 Å². The van der Waals surface area contributed by atoms with Crippen LogP contribution in [0, 0.1) is 5.82 Å². The van der Waals surface area contributed by atoms with Crippen molar-refractivity contribution < 1.29 is 19.1 Å². The molecule has 2 aromatic heterocycles. The van der Waals surface area contributed by atoms with Gasteiger partial charge in [0, 0.05) is 36.3 Å². The summed E-state index contributed by atoms with van der Waals surface area (Å²) in [6.45, 7) is -0.250. The van der Waals surface area contributed by atoms with Crippen LogP contribution in [0.15, 0.2) is 55.1 Å². The molecule has 0 aliphatic carbocycles. The van der Waals surface area contributed by atoms with Gasteiger partial charge in [0.05, 0.1) is 0 Å². The largest absolute Gasteiger partial charge is 0.483 e. The Morgan fingerprint density at radius 2 is 1.76 bits per heavy atom. The Morgan fingerprint density at radius 3 is 2.48 bits per heavy atom. The molecule has 4 aromatic rings. The summed E-state index contributed by atoms with van der Waals surface area (Å²) >= 11 is 0. The monoisotopic (exact) mass is 394 g/mol. The number of hydrogen-bond donors (Lipinski definition) is 2. The highest BCUT2D eigenvalue weighted by molar-refractivity contribution is 6.05. The second kappa shape index (κ2) is 8.65. The number of aryl methyl sites for hydroxylation is 1. The second-order valence-corrected chi connectivity index (χ2v) is 5.81. The van der Waals surface area contributed by atoms with Gasteiger partial charge in [-0.05, 0) is 42.0 Å². The number of anilines is 1. The lowest BCUT2D eigenvalue weighted by atomic mass is 10.0. The number of carbonyl (C=O) groups excluding carboxylic acids is 1. The SMILES string of the molecule is Cn1nc2ccc(NC(=O)c3cc(F)cc(-c4cncnc4)c3)cc2n1.O=CO. The van der Waals surface area contributed by atoms with Crippen molar-refractivity contribution >= 4 is 29.1 Å². The molecule has 0 saturated heterocycles. The number of nitrogens with zero attached hydrogens (tertiary/aromatic N) is 5. The van der Waals surface area contributed by atoms with E-state index in [0.29, 0.717) is 22.3 Å². The molecule has 2 heterocycles. The van der Waals surface area contributed by atoms with Gasteiger partial charge in [-0.3, -0.25) is 9.59 Å². The number of nitrogens with one attached hydrogen (secondary N) is 1. The number of halogens is 1. The van der Waals surface area contributed by atoms with E-state index in [9.17, 15) is 9.18 Å². The molecule has 0 saturated carbocycles. The lowest BCUT2D eigenvalue weighted by Gasteiger charge is -2.08. The Morgan fingerprint density at radius 1 is 1.07 bits per heavy atom. The summed E-state index contributed by atoms with van der Waals surface area (Å²) in [6.07, 6.45) is 4.51. The Kier molecular flexibility index (Phi) is 5.83. The highest BCUT2D eigenvalue weighted by atomic mass is 19.1. The molecule has 29 heavy (non-hydrogen) atoms. The van der Waals surface area contributed by atoms with E-state index >= 15 is 0 Å². The van der Waals surface area contributed by atoms with Crippen molar-refractivity contribution in [3.05, 3.63) is 66.5 Å². The third kappa shape index (κ3) is 4.75. The predicted octanol–water partition coefficient (Wildman–Crippen LogP) is 2.52. The van der Waals surface area contributed by atoms with Crippen LogP contribution in [0.2, 0.25) is 0 Å². The molecule has 0 bridgehead atoms. The van der Waals surface area contributed by atoms with Gasteiger partial charge in [0.2, 0.25) is 0 Å². The number of rotatable bonds is 3. The minimum Gasteiger partial charge on any atom is -0.483 e. The van der Waals surface area contributed by atoms with Gasteiger partial charge in [-0.25, -0.2) is 14.4 Å². The second-order valence-electron chi connectivity index (χ2n) is 5.81. The summed E-state index contributed by atoms with van der Waals surface area (Å²) in [5.41, 5.74) is 3.29. The van der Waals surface area contributed by atoms with Gasteiger partial charge in [-0.1, -0.05) is 0 Å². The number of carbonyl (C=O) groups is 2. The summed E-state index contributed by atoms with van der Waals surface area (Å²) < 4.78 is 14.0. The van der Waals surface area contributed by atoms with Crippen LogP contribution in [-0.4, -0.2) is 42.4 Å². The van der Waals surface area contributed by atoms with Crippen molar-refractivity contribution in [3.8, 4) is 11.1 Å². The first-order valence-corrected chi connectivity index (χ1v) is 8.26. The molecular weight excluding hydrogens is 379 g/mol. The fourth-order valence-corrected chi connectivity index (χ4v) is 2.64. The van der Waals surface area contributed by atoms with Crippen molar-refractivity contribution in [2.75, 3.05) is 5.32 Å². The Hall–Kier alpha value is -4.21. The molecule has 146 valence electrons. The molecule has 2 N–H and O–H groups in total. The number of carboxylic acid groups (broad SMARTS) is 1. The van der Waals surface area contributed by atoms with Crippen molar-refractivity contribution in [3.63, 3.8) is 0 Å². The quantitative estimate of drug-likeness (QED) is 0.512. The van der Waals surface area contributed by atoms with Crippen molar-refractivity contribution in [2.45, 2.75) is 0 Å². The topological polar surface area (TPSA) is 123 Å². The van der Waals surface area contributed by atoms with Crippen molar-refractivity contribution in [1.82, 2.24) is 25.0 Å².